The molecule has 2 heterocycles. The van der Waals surface area contributed by atoms with Crippen LogP contribution in [-0.4, -0.2) is 40.2 Å². The van der Waals surface area contributed by atoms with Crippen LogP contribution in [0.3, 0.4) is 0 Å². The molecule has 1 aliphatic rings. The van der Waals surface area contributed by atoms with E-state index in [4.69, 9.17) is 9.47 Å². The summed E-state index contributed by atoms with van der Waals surface area (Å²) in [7, 11) is 0. The Morgan fingerprint density at radius 2 is 1.85 bits per heavy atom. The molecule has 2 amide bonds. The molecule has 9 heteroatoms. The Bertz CT molecular complexity index is 810. The summed E-state index contributed by atoms with van der Waals surface area (Å²) >= 11 is 1.19. The van der Waals surface area contributed by atoms with Gasteiger partial charge in [0.05, 0.1) is 5.75 Å². The Morgan fingerprint density at radius 3 is 2.58 bits per heavy atom. The maximum Gasteiger partial charge on any atom is 0.283 e. The van der Waals surface area contributed by atoms with Crippen molar-refractivity contribution in [3.05, 3.63) is 41.7 Å². The number of thioether (sulfide) groups is 1. The van der Waals surface area contributed by atoms with E-state index in [1.165, 1.54) is 11.8 Å². The van der Waals surface area contributed by atoms with Crippen LogP contribution in [0.1, 0.15) is 11.4 Å². The monoisotopic (exact) mass is 374 g/mol. The molecule has 0 aliphatic carbocycles. The van der Waals surface area contributed by atoms with E-state index in [9.17, 15) is 9.59 Å². The van der Waals surface area contributed by atoms with Crippen LogP contribution in [0.4, 0.5) is 0 Å². The van der Waals surface area contributed by atoms with Gasteiger partial charge in [0.15, 0.2) is 16.7 Å². The number of rotatable bonds is 4. The van der Waals surface area contributed by atoms with Gasteiger partial charge >= 0.3 is 0 Å². The van der Waals surface area contributed by atoms with Crippen molar-refractivity contribution in [1.82, 2.24) is 20.8 Å². The number of hydrogen-bond donors (Lipinski definition) is 2. The summed E-state index contributed by atoms with van der Waals surface area (Å²) in [5, 5.41) is 0.518. The molecule has 0 unspecified atom stereocenters. The molecule has 2 N–H and O–H groups in total. The molecule has 0 spiro atoms. The first-order chi connectivity index (χ1) is 12.5. The number of amides is 2. The molecule has 1 aromatic carbocycles. The lowest BCUT2D eigenvalue weighted by molar-refractivity contribution is -0.134. The van der Waals surface area contributed by atoms with Gasteiger partial charge in [-0.2, -0.15) is 0 Å². The highest BCUT2D eigenvalue weighted by Gasteiger charge is 2.27. The van der Waals surface area contributed by atoms with Gasteiger partial charge < -0.3 is 9.47 Å². The fourth-order valence-electron chi connectivity index (χ4n) is 2.28. The van der Waals surface area contributed by atoms with Gasteiger partial charge in [-0.15, -0.1) is 0 Å². The Morgan fingerprint density at radius 1 is 1.15 bits per heavy atom. The zero-order chi connectivity index (χ0) is 18.5. The molecule has 1 aliphatic heterocycles. The third kappa shape index (κ3) is 4.63. The molecular weight excluding hydrogens is 356 g/mol. The lowest BCUT2D eigenvalue weighted by Gasteiger charge is -2.25. The summed E-state index contributed by atoms with van der Waals surface area (Å²) in [6.07, 6.45) is -0.833. The molecule has 0 saturated heterocycles. The van der Waals surface area contributed by atoms with Crippen molar-refractivity contribution in [2.45, 2.75) is 25.1 Å². The van der Waals surface area contributed by atoms with E-state index < -0.39 is 12.0 Å². The van der Waals surface area contributed by atoms with E-state index in [1.54, 1.807) is 18.2 Å². The summed E-state index contributed by atoms with van der Waals surface area (Å²) in [6.45, 7) is 3.80. The van der Waals surface area contributed by atoms with Crippen LogP contribution in [0.15, 0.2) is 35.5 Å². The van der Waals surface area contributed by atoms with Gasteiger partial charge in [-0.25, -0.2) is 9.97 Å². The van der Waals surface area contributed by atoms with Crippen LogP contribution >= 0.6 is 11.8 Å². The first-order valence-corrected chi connectivity index (χ1v) is 8.92. The van der Waals surface area contributed by atoms with E-state index in [0.717, 1.165) is 11.4 Å². The molecule has 1 aromatic heterocycles. The van der Waals surface area contributed by atoms with Gasteiger partial charge in [0.25, 0.3) is 5.91 Å². The number of carbonyl (C=O) groups excluding carboxylic acids is 2. The second-order valence-corrected chi connectivity index (χ2v) is 6.57. The number of hydrazine groups is 1. The van der Waals surface area contributed by atoms with E-state index in [1.807, 2.05) is 26.0 Å². The third-order valence-corrected chi connectivity index (χ3v) is 4.27. The second-order valence-electron chi connectivity index (χ2n) is 5.62. The normalized spacial score (nSPS) is 15.2. The maximum atomic E-state index is 12.1. The van der Waals surface area contributed by atoms with Crippen LogP contribution in [-0.2, 0) is 9.59 Å². The highest BCUT2D eigenvalue weighted by molar-refractivity contribution is 7.99. The molecule has 0 bridgehead atoms. The van der Waals surface area contributed by atoms with E-state index in [2.05, 4.69) is 20.8 Å². The van der Waals surface area contributed by atoms with Gasteiger partial charge in [0, 0.05) is 11.4 Å². The number of aryl methyl sites for hydroxylation is 2. The van der Waals surface area contributed by atoms with E-state index in [0.29, 0.717) is 16.7 Å². The number of ether oxygens (including phenoxy) is 2. The lowest BCUT2D eigenvalue weighted by Crippen LogP contribution is -2.51. The van der Waals surface area contributed by atoms with Crippen molar-refractivity contribution in [3.63, 3.8) is 0 Å². The van der Waals surface area contributed by atoms with E-state index >= 15 is 0 Å². The maximum absolute atomic E-state index is 12.1. The Hall–Kier alpha value is -2.81. The van der Waals surface area contributed by atoms with Gasteiger partial charge in [0.2, 0.25) is 12.0 Å². The standard InChI is InChI=1S/C17H18N4O4S/c1-10-7-11(2)19-17(18-10)26-9-15(22)20-21-16(23)14-8-24-12-5-3-4-6-13(12)25-14/h3-7,14H,8-9H2,1-2H3,(H,20,22)(H,21,23)/t14-/m1/s1. The summed E-state index contributed by atoms with van der Waals surface area (Å²) in [5.41, 5.74) is 6.37. The minimum Gasteiger partial charge on any atom is -0.485 e. The molecular formula is C17H18N4O4S. The lowest BCUT2D eigenvalue weighted by atomic mass is 10.2. The summed E-state index contributed by atoms with van der Waals surface area (Å²) in [4.78, 5) is 32.5. The van der Waals surface area contributed by atoms with Crippen LogP contribution in [0.25, 0.3) is 0 Å². The molecule has 0 saturated carbocycles. The first kappa shape index (κ1) is 18.0. The summed E-state index contributed by atoms with van der Waals surface area (Å²) in [6, 6.07) is 8.94. The molecule has 3 rings (SSSR count). The van der Waals surface area contributed by atoms with Crippen LogP contribution < -0.4 is 20.3 Å². The molecule has 26 heavy (non-hydrogen) atoms. The number of benzene rings is 1. The van der Waals surface area contributed by atoms with Crippen LogP contribution in [0, 0.1) is 13.8 Å². The number of hydrogen-bond acceptors (Lipinski definition) is 7. The van der Waals surface area contributed by atoms with Gasteiger partial charge in [0.1, 0.15) is 6.61 Å². The molecule has 2 aromatic rings. The highest BCUT2D eigenvalue weighted by Crippen LogP contribution is 2.30. The summed E-state index contributed by atoms with van der Waals surface area (Å²) < 4.78 is 11.0. The SMILES string of the molecule is Cc1cc(C)nc(SCC(=O)NNC(=O)[C@H]2COc3ccccc3O2)n1. The number of nitrogens with one attached hydrogen (secondary N) is 2. The average Bonchev–Trinajstić information content (AvgIpc) is 2.63. The smallest absolute Gasteiger partial charge is 0.283 e. The van der Waals surface area contributed by atoms with Crippen molar-refractivity contribution in [2.24, 2.45) is 0 Å². The largest absolute Gasteiger partial charge is 0.485 e. The topological polar surface area (TPSA) is 102 Å². The van der Waals surface area contributed by atoms with Gasteiger partial charge in [-0.05, 0) is 32.0 Å². The van der Waals surface area contributed by atoms with Crippen molar-refractivity contribution >= 4 is 23.6 Å². The van der Waals surface area contributed by atoms with Crippen LogP contribution in [0.2, 0.25) is 0 Å². The van der Waals surface area contributed by atoms with Crippen LogP contribution in [0.5, 0.6) is 11.5 Å². The zero-order valence-corrected chi connectivity index (χ0v) is 15.1. The molecule has 0 radical (unpaired) electrons. The first-order valence-electron chi connectivity index (χ1n) is 7.93. The summed E-state index contributed by atoms with van der Waals surface area (Å²) in [5.74, 6) is 0.301. The Balaban J connectivity index is 1.45. The second kappa shape index (κ2) is 8.05. The predicted octanol–water partition coefficient (Wildman–Crippen LogP) is 1.17. The zero-order valence-electron chi connectivity index (χ0n) is 14.3. The predicted molar refractivity (Wildman–Crippen MR) is 94.9 cm³/mol. The quantitative estimate of drug-likeness (QED) is 0.470. The Kier molecular flexibility index (Phi) is 5.57. The number of carbonyl (C=O) groups is 2. The molecule has 0 fully saturated rings. The average molecular weight is 374 g/mol. The Labute approximate surface area is 154 Å². The fraction of sp³-hybridized carbons (Fsp3) is 0.294. The minimum atomic E-state index is -0.833. The van der Waals surface area contributed by atoms with Crippen molar-refractivity contribution in [1.29, 1.82) is 0 Å². The van der Waals surface area contributed by atoms with E-state index in [-0.39, 0.29) is 18.3 Å². The number of para-hydroxylation sites is 2. The highest BCUT2D eigenvalue weighted by atomic mass is 32.2. The van der Waals surface area contributed by atoms with Crippen molar-refractivity contribution in [3.8, 4) is 11.5 Å². The minimum absolute atomic E-state index is 0.0733. The third-order valence-electron chi connectivity index (χ3n) is 3.42. The number of nitrogens with zero attached hydrogens (tertiary/aromatic N) is 2. The van der Waals surface area contributed by atoms with Crippen molar-refractivity contribution < 1.29 is 19.1 Å². The molecule has 8 nitrogen and oxygen atoms in total. The van der Waals surface area contributed by atoms with Crippen molar-refractivity contribution in [2.75, 3.05) is 12.4 Å². The number of aromatic nitrogens is 2. The fourth-order valence-corrected chi connectivity index (χ4v) is 3.03. The van der Waals surface area contributed by atoms with Gasteiger partial charge in [-0.1, -0.05) is 23.9 Å². The molecule has 136 valence electrons. The molecule has 1 atom stereocenters. The van der Waals surface area contributed by atoms with Gasteiger partial charge in [-0.3, -0.25) is 20.4 Å². The number of fused-ring (bicyclic) bond motifs is 1.